The Labute approximate surface area is 172 Å². The number of rotatable bonds is 8. The summed E-state index contributed by atoms with van der Waals surface area (Å²) in [5, 5.41) is 3.19. The second-order valence-electron chi connectivity index (χ2n) is 7.03. The van der Waals surface area contributed by atoms with Gasteiger partial charge in [0.2, 0.25) is 5.91 Å². The topological polar surface area (TPSA) is 47.6 Å². The number of aryl methyl sites for hydroxylation is 2. The van der Waals surface area contributed by atoms with E-state index < -0.39 is 0 Å². The Morgan fingerprint density at radius 1 is 0.793 bits per heavy atom. The van der Waals surface area contributed by atoms with Gasteiger partial charge in [-0.2, -0.15) is 0 Å². The van der Waals surface area contributed by atoms with E-state index in [1.807, 2.05) is 48.5 Å². The summed E-state index contributed by atoms with van der Waals surface area (Å²) in [5.74, 6) is 1.59. The van der Waals surface area contributed by atoms with Crippen LogP contribution in [0.2, 0.25) is 0 Å². The number of amides is 1. The van der Waals surface area contributed by atoms with Gasteiger partial charge in [-0.05, 0) is 54.3 Å². The molecule has 3 rings (SSSR count). The van der Waals surface area contributed by atoms with Crippen molar-refractivity contribution in [2.45, 2.75) is 25.8 Å². The first kappa shape index (κ1) is 20.5. The number of ether oxygens (including phenoxy) is 2. The van der Waals surface area contributed by atoms with Gasteiger partial charge < -0.3 is 14.8 Å². The first-order chi connectivity index (χ1) is 14.1. The van der Waals surface area contributed by atoms with E-state index in [9.17, 15) is 4.79 Å². The standard InChI is InChI=1S/C25H27NO3/c1-18-4-6-19(7-5-18)8-17-24(27)26-25(20-9-13-22(28-2)14-10-20)21-11-15-23(29-3)16-12-21/h4-7,9-16,25H,8,17H2,1-3H3,(H,26,27). The summed E-state index contributed by atoms with van der Waals surface area (Å²) in [6.45, 7) is 2.06. The number of carbonyl (C=O) groups is 1. The lowest BCUT2D eigenvalue weighted by atomic mass is 9.98. The van der Waals surface area contributed by atoms with Crippen LogP contribution in [-0.2, 0) is 11.2 Å². The Kier molecular flexibility index (Phi) is 6.90. The molecule has 29 heavy (non-hydrogen) atoms. The van der Waals surface area contributed by atoms with E-state index in [0.717, 1.165) is 28.2 Å². The van der Waals surface area contributed by atoms with Crippen molar-refractivity contribution in [2.24, 2.45) is 0 Å². The highest BCUT2D eigenvalue weighted by molar-refractivity contribution is 5.77. The van der Waals surface area contributed by atoms with Crippen LogP contribution in [0.3, 0.4) is 0 Å². The van der Waals surface area contributed by atoms with Crippen LogP contribution >= 0.6 is 0 Å². The van der Waals surface area contributed by atoms with Gasteiger partial charge in [0.05, 0.1) is 20.3 Å². The van der Waals surface area contributed by atoms with Crippen molar-refractivity contribution in [2.75, 3.05) is 14.2 Å². The van der Waals surface area contributed by atoms with Crippen molar-refractivity contribution in [1.29, 1.82) is 0 Å². The number of benzene rings is 3. The predicted molar refractivity (Wildman–Crippen MR) is 115 cm³/mol. The summed E-state index contributed by atoms with van der Waals surface area (Å²) in [7, 11) is 3.28. The van der Waals surface area contributed by atoms with Crippen molar-refractivity contribution in [3.63, 3.8) is 0 Å². The third kappa shape index (κ3) is 5.61. The summed E-state index contributed by atoms with van der Waals surface area (Å²) in [4.78, 5) is 12.7. The second kappa shape index (κ2) is 9.78. The summed E-state index contributed by atoms with van der Waals surface area (Å²) in [6, 6.07) is 23.6. The Balaban J connectivity index is 1.75. The van der Waals surface area contributed by atoms with Crippen LogP contribution in [0.15, 0.2) is 72.8 Å². The lowest BCUT2D eigenvalue weighted by Gasteiger charge is -2.20. The fourth-order valence-electron chi connectivity index (χ4n) is 3.20. The molecule has 0 radical (unpaired) electrons. The van der Waals surface area contributed by atoms with Gasteiger partial charge in [-0.15, -0.1) is 0 Å². The summed E-state index contributed by atoms with van der Waals surface area (Å²) in [6.07, 6.45) is 1.15. The zero-order valence-corrected chi connectivity index (χ0v) is 17.1. The molecule has 0 aromatic heterocycles. The van der Waals surface area contributed by atoms with Gasteiger partial charge in [-0.1, -0.05) is 54.1 Å². The van der Waals surface area contributed by atoms with Crippen molar-refractivity contribution >= 4 is 5.91 Å². The Morgan fingerprint density at radius 3 is 1.72 bits per heavy atom. The molecule has 1 N–H and O–H groups in total. The lowest BCUT2D eigenvalue weighted by Crippen LogP contribution is -2.29. The highest BCUT2D eigenvalue weighted by Crippen LogP contribution is 2.26. The molecule has 0 fully saturated rings. The Hall–Kier alpha value is -3.27. The van der Waals surface area contributed by atoms with Gasteiger partial charge in [-0.3, -0.25) is 4.79 Å². The van der Waals surface area contributed by atoms with Gasteiger partial charge in [0.15, 0.2) is 0 Å². The summed E-state index contributed by atoms with van der Waals surface area (Å²) >= 11 is 0. The predicted octanol–water partition coefficient (Wildman–Crippen LogP) is 4.85. The third-order valence-electron chi connectivity index (χ3n) is 4.96. The van der Waals surface area contributed by atoms with E-state index in [4.69, 9.17) is 9.47 Å². The third-order valence-corrected chi connectivity index (χ3v) is 4.96. The van der Waals surface area contributed by atoms with Crippen molar-refractivity contribution in [3.05, 3.63) is 95.1 Å². The first-order valence-corrected chi connectivity index (χ1v) is 9.72. The molecule has 4 heteroatoms. The van der Waals surface area contributed by atoms with Crippen molar-refractivity contribution in [1.82, 2.24) is 5.32 Å². The van der Waals surface area contributed by atoms with Crippen LogP contribution in [0.25, 0.3) is 0 Å². The molecule has 0 aliphatic carbocycles. The maximum Gasteiger partial charge on any atom is 0.221 e. The number of nitrogens with one attached hydrogen (secondary N) is 1. The molecule has 0 unspecified atom stereocenters. The molecule has 0 spiro atoms. The van der Waals surface area contributed by atoms with E-state index in [0.29, 0.717) is 12.8 Å². The average Bonchev–Trinajstić information content (AvgIpc) is 2.77. The van der Waals surface area contributed by atoms with Gasteiger partial charge in [0, 0.05) is 6.42 Å². The highest BCUT2D eigenvalue weighted by atomic mass is 16.5. The Morgan fingerprint density at radius 2 is 1.28 bits per heavy atom. The number of methoxy groups -OCH3 is 2. The number of hydrogen-bond donors (Lipinski definition) is 1. The SMILES string of the molecule is COc1ccc(C(NC(=O)CCc2ccc(C)cc2)c2ccc(OC)cc2)cc1. The van der Waals surface area contributed by atoms with E-state index >= 15 is 0 Å². The molecular weight excluding hydrogens is 362 g/mol. The minimum Gasteiger partial charge on any atom is -0.497 e. The summed E-state index contributed by atoms with van der Waals surface area (Å²) < 4.78 is 10.5. The van der Waals surface area contributed by atoms with Gasteiger partial charge in [0.25, 0.3) is 0 Å². The molecule has 0 saturated heterocycles. The summed E-state index contributed by atoms with van der Waals surface area (Å²) in [5.41, 5.74) is 4.38. The van der Waals surface area contributed by atoms with Crippen LogP contribution in [0, 0.1) is 6.92 Å². The minimum atomic E-state index is -0.239. The smallest absolute Gasteiger partial charge is 0.221 e. The first-order valence-electron chi connectivity index (χ1n) is 9.72. The van der Waals surface area contributed by atoms with Gasteiger partial charge in [0.1, 0.15) is 11.5 Å². The van der Waals surface area contributed by atoms with Crippen LogP contribution in [0.1, 0.15) is 34.7 Å². The fraction of sp³-hybridized carbons (Fsp3) is 0.240. The largest absolute Gasteiger partial charge is 0.497 e. The lowest BCUT2D eigenvalue weighted by molar-refractivity contribution is -0.121. The normalized spacial score (nSPS) is 10.6. The molecule has 0 bridgehead atoms. The van der Waals surface area contributed by atoms with Crippen LogP contribution in [-0.4, -0.2) is 20.1 Å². The number of hydrogen-bond acceptors (Lipinski definition) is 3. The van der Waals surface area contributed by atoms with Gasteiger partial charge in [-0.25, -0.2) is 0 Å². The molecule has 0 aliphatic rings. The van der Waals surface area contributed by atoms with Crippen LogP contribution in [0.5, 0.6) is 11.5 Å². The van der Waals surface area contributed by atoms with E-state index in [2.05, 4.69) is 36.5 Å². The second-order valence-corrected chi connectivity index (χ2v) is 7.03. The van der Waals surface area contributed by atoms with Crippen LogP contribution < -0.4 is 14.8 Å². The highest BCUT2D eigenvalue weighted by Gasteiger charge is 2.17. The van der Waals surface area contributed by atoms with E-state index in [1.165, 1.54) is 5.56 Å². The van der Waals surface area contributed by atoms with E-state index in [1.54, 1.807) is 14.2 Å². The quantitative estimate of drug-likeness (QED) is 0.599. The molecule has 0 heterocycles. The maximum atomic E-state index is 12.7. The van der Waals surface area contributed by atoms with Gasteiger partial charge >= 0.3 is 0 Å². The van der Waals surface area contributed by atoms with Crippen molar-refractivity contribution < 1.29 is 14.3 Å². The molecular formula is C25H27NO3. The molecule has 150 valence electrons. The molecule has 4 nitrogen and oxygen atoms in total. The fourth-order valence-corrected chi connectivity index (χ4v) is 3.20. The number of carbonyl (C=O) groups excluding carboxylic acids is 1. The monoisotopic (exact) mass is 389 g/mol. The van der Waals surface area contributed by atoms with Crippen molar-refractivity contribution in [3.8, 4) is 11.5 Å². The molecule has 0 atom stereocenters. The zero-order valence-electron chi connectivity index (χ0n) is 17.1. The molecule has 3 aromatic rings. The molecule has 1 amide bonds. The van der Waals surface area contributed by atoms with E-state index in [-0.39, 0.29) is 11.9 Å². The minimum absolute atomic E-state index is 0.0159. The average molecular weight is 389 g/mol. The Bertz CT molecular complexity index is 868. The van der Waals surface area contributed by atoms with Crippen LogP contribution in [0.4, 0.5) is 0 Å². The molecule has 3 aromatic carbocycles. The maximum absolute atomic E-state index is 12.7. The molecule has 0 aliphatic heterocycles. The zero-order chi connectivity index (χ0) is 20.6. The molecule has 0 saturated carbocycles.